The number of ether oxygens (including phenoxy) is 1. The van der Waals surface area contributed by atoms with E-state index in [0.29, 0.717) is 52.3 Å². The highest BCUT2D eigenvalue weighted by molar-refractivity contribution is 5.99. The van der Waals surface area contributed by atoms with E-state index in [1.54, 1.807) is 18.2 Å². The van der Waals surface area contributed by atoms with Crippen LogP contribution in [0, 0.1) is 13.8 Å². The van der Waals surface area contributed by atoms with Gasteiger partial charge in [-0.1, -0.05) is 24.3 Å². The summed E-state index contributed by atoms with van der Waals surface area (Å²) in [5.41, 5.74) is 10.1. The minimum absolute atomic E-state index is 0.173. The number of aromatic nitrogens is 4. The van der Waals surface area contributed by atoms with E-state index in [2.05, 4.69) is 27.2 Å². The predicted molar refractivity (Wildman–Crippen MR) is 168 cm³/mol. The number of fused-ring (bicyclic) bond motifs is 1. The Balaban J connectivity index is 1.36. The van der Waals surface area contributed by atoms with Gasteiger partial charge in [0.2, 0.25) is 5.91 Å². The molecule has 0 radical (unpaired) electrons. The van der Waals surface area contributed by atoms with Gasteiger partial charge in [-0.25, -0.2) is 19.3 Å². The van der Waals surface area contributed by atoms with E-state index >= 15 is 0 Å². The first-order valence-electron chi connectivity index (χ1n) is 14.2. The maximum absolute atomic E-state index is 14.1. The summed E-state index contributed by atoms with van der Waals surface area (Å²) < 4.78 is 9.00. The second-order valence-electron chi connectivity index (χ2n) is 10.9. The highest BCUT2D eigenvalue weighted by Gasteiger charge is 2.25. The van der Waals surface area contributed by atoms with E-state index in [1.165, 1.54) is 28.3 Å². The van der Waals surface area contributed by atoms with Crippen molar-refractivity contribution in [3.63, 3.8) is 0 Å². The third-order valence-corrected chi connectivity index (χ3v) is 7.46. The smallest absolute Gasteiger partial charge is 0.339 e. The van der Waals surface area contributed by atoms with Crippen molar-refractivity contribution in [2.75, 3.05) is 24.6 Å². The summed E-state index contributed by atoms with van der Waals surface area (Å²) in [7, 11) is 2.06. The molecule has 3 N–H and O–H groups in total. The van der Waals surface area contributed by atoms with Gasteiger partial charge in [-0.05, 0) is 93.4 Å². The van der Waals surface area contributed by atoms with E-state index in [9.17, 15) is 9.59 Å². The SMILES string of the molecule is Cc1cc(NC(=O)/C=C/CN(C)C2CC2)cc(-n2c(=O)n(-c3ccc(Oc4ccccc4)cc3C)c3c(N)ncnc32)c1. The number of anilines is 2. The van der Waals surface area contributed by atoms with Crippen LogP contribution < -0.4 is 21.5 Å². The first-order valence-corrected chi connectivity index (χ1v) is 14.2. The zero-order valence-corrected chi connectivity index (χ0v) is 24.3. The van der Waals surface area contributed by atoms with Crippen molar-refractivity contribution < 1.29 is 9.53 Å². The van der Waals surface area contributed by atoms with Gasteiger partial charge in [-0.3, -0.25) is 14.3 Å². The van der Waals surface area contributed by atoms with Crippen molar-refractivity contribution in [2.45, 2.75) is 32.7 Å². The fraction of sp³-hybridized carbons (Fsp3) is 0.212. The van der Waals surface area contributed by atoms with Gasteiger partial charge in [0.15, 0.2) is 11.5 Å². The van der Waals surface area contributed by atoms with Gasteiger partial charge in [0, 0.05) is 24.4 Å². The highest BCUT2D eigenvalue weighted by Crippen LogP contribution is 2.29. The van der Waals surface area contributed by atoms with Gasteiger partial charge in [0.05, 0.1) is 11.4 Å². The molecule has 0 spiro atoms. The standard InChI is InChI=1S/C33H33N7O3/c1-21-16-23(37-29(41)10-7-15-38(3)24-11-12-24)19-25(17-21)39-32-30(31(34)35-20-36-32)40(33(39)42)28-14-13-27(18-22(28)2)43-26-8-5-4-6-9-26/h4-10,13-14,16-20,24H,11-12,15H2,1-3H3,(H,37,41)(H2,34,35,36)/b10-7+. The Labute approximate surface area is 249 Å². The molecule has 2 aromatic heterocycles. The van der Waals surface area contributed by atoms with Gasteiger partial charge in [0.25, 0.3) is 0 Å². The summed E-state index contributed by atoms with van der Waals surface area (Å²) in [5, 5.41) is 2.93. The summed E-state index contributed by atoms with van der Waals surface area (Å²) in [6.45, 7) is 4.52. The van der Waals surface area contributed by atoms with Crippen LogP contribution in [0.2, 0.25) is 0 Å². The monoisotopic (exact) mass is 575 g/mol. The van der Waals surface area contributed by atoms with Crippen molar-refractivity contribution in [3.05, 3.63) is 107 Å². The Hall–Kier alpha value is -5.22. The lowest BCUT2D eigenvalue weighted by Gasteiger charge is -2.12. The second kappa shape index (κ2) is 11.6. The van der Waals surface area contributed by atoms with Crippen molar-refractivity contribution in [3.8, 4) is 22.9 Å². The summed E-state index contributed by atoms with van der Waals surface area (Å²) in [6.07, 6.45) is 7.16. The minimum atomic E-state index is -0.368. The Kier molecular flexibility index (Phi) is 7.52. The van der Waals surface area contributed by atoms with Crippen LogP contribution in [0.4, 0.5) is 11.5 Å². The number of hydrogen-bond acceptors (Lipinski definition) is 7. The molecule has 10 heteroatoms. The van der Waals surface area contributed by atoms with Crippen LogP contribution in [-0.2, 0) is 4.79 Å². The maximum Gasteiger partial charge on any atom is 0.339 e. The topological polar surface area (TPSA) is 120 Å². The average Bonchev–Trinajstić information content (AvgIpc) is 3.77. The average molecular weight is 576 g/mol. The molecular weight excluding hydrogens is 542 g/mol. The number of amides is 1. The Morgan fingerprint density at radius 2 is 1.84 bits per heavy atom. The molecule has 218 valence electrons. The number of nitrogens with one attached hydrogen (secondary N) is 1. The minimum Gasteiger partial charge on any atom is -0.457 e. The third-order valence-electron chi connectivity index (χ3n) is 7.46. The molecule has 1 saturated carbocycles. The number of hydrogen-bond donors (Lipinski definition) is 2. The number of nitrogens with two attached hydrogens (primary N) is 1. The molecule has 1 fully saturated rings. The van der Waals surface area contributed by atoms with Gasteiger partial charge < -0.3 is 15.8 Å². The van der Waals surface area contributed by atoms with Gasteiger partial charge in [-0.15, -0.1) is 0 Å². The molecular formula is C33H33N7O3. The van der Waals surface area contributed by atoms with Crippen LogP contribution in [-0.4, -0.2) is 49.5 Å². The Morgan fingerprint density at radius 1 is 1.05 bits per heavy atom. The quantitative estimate of drug-likeness (QED) is 0.233. The Morgan fingerprint density at radius 3 is 2.58 bits per heavy atom. The number of nitrogen functional groups attached to an aromatic ring is 1. The van der Waals surface area contributed by atoms with Crippen molar-refractivity contribution in [1.29, 1.82) is 0 Å². The van der Waals surface area contributed by atoms with Crippen molar-refractivity contribution >= 4 is 28.6 Å². The lowest BCUT2D eigenvalue weighted by atomic mass is 10.2. The molecule has 0 unspecified atom stereocenters. The molecule has 0 aliphatic heterocycles. The normalized spacial score (nSPS) is 13.2. The lowest BCUT2D eigenvalue weighted by molar-refractivity contribution is -0.111. The molecule has 5 aromatic rings. The molecule has 1 aliphatic carbocycles. The number of para-hydroxylation sites is 1. The number of aryl methyl sites for hydroxylation is 2. The van der Waals surface area contributed by atoms with E-state index in [-0.39, 0.29) is 17.4 Å². The maximum atomic E-state index is 14.1. The number of carbonyl (C=O) groups excluding carboxylic acids is 1. The molecule has 1 amide bonds. The third kappa shape index (κ3) is 5.91. The van der Waals surface area contributed by atoms with Gasteiger partial charge in [-0.2, -0.15) is 0 Å². The number of nitrogens with zero attached hydrogens (tertiary/aromatic N) is 5. The fourth-order valence-corrected chi connectivity index (χ4v) is 5.21. The van der Waals surface area contributed by atoms with E-state index in [4.69, 9.17) is 10.5 Å². The Bertz CT molecular complexity index is 1910. The van der Waals surface area contributed by atoms with Crippen LogP contribution in [0.25, 0.3) is 22.5 Å². The first-order chi connectivity index (χ1) is 20.8. The first kappa shape index (κ1) is 27.9. The van der Waals surface area contributed by atoms with E-state index in [0.717, 1.165) is 11.1 Å². The van der Waals surface area contributed by atoms with Gasteiger partial charge in [0.1, 0.15) is 23.3 Å². The number of carbonyl (C=O) groups is 1. The summed E-state index contributed by atoms with van der Waals surface area (Å²) in [4.78, 5) is 37.7. The summed E-state index contributed by atoms with van der Waals surface area (Å²) >= 11 is 0. The van der Waals surface area contributed by atoms with Crippen molar-refractivity contribution in [1.82, 2.24) is 24.0 Å². The highest BCUT2D eigenvalue weighted by atomic mass is 16.5. The second-order valence-corrected chi connectivity index (χ2v) is 10.9. The number of rotatable bonds is 9. The van der Waals surface area contributed by atoms with Crippen LogP contribution in [0.15, 0.2) is 90.0 Å². The molecule has 43 heavy (non-hydrogen) atoms. The van der Waals surface area contributed by atoms with Crippen LogP contribution in [0.5, 0.6) is 11.5 Å². The summed E-state index contributed by atoms with van der Waals surface area (Å²) in [5.74, 6) is 1.29. The molecule has 10 nitrogen and oxygen atoms in total. The van der Waals surface area contributed by atoms with Crippen molar-refractivity contribution in [2.24, 2.45) is 0 Å². The molecule has 1 aliphatic rings. The zero-order chi connectivity index (χ0) is 30.1. The number of benzene rings is 3. The van der Waals surface area contributed by atoms with Crippen LogP contribution in [0.3, 0.4) is 0 Å². The largest absolute Gasteiger partial charge is 0.457 e. The lowest BCUT2D eigenvalue weighted by Crippen LogP contribution is -2.23. The molecule has 0 saturated heterocycles. The summed E-state index contributed by atoms with van der Waals surface area (Å²) in [6, 6.07) is 21.1. The molecule has 0 bridgehead atoms. The van der Waals surface area contributed by atoms with E-state index in [1.807, 2.05) is 74.5 Å². The predicted octanol–water partition coefficient (Wildman–Crippen LogP) is 5.15. The molecule has 6 rings (SSSR count). The van der Waals surface area contributed by atoms with E-state index < -0.39 is 0 Å². The zero-order valence-electron chi connectivity index (χ0n) is 24.3. The molecule has 2 heterocycles. The fourth-order valence-electron chi connectivity index (χ4n) is 5.21. The number of likely N-dealkylation sites (N-methyl/N-ethyl adjacent to an activating group) is 1. The van der Waals surface area contributed by atoms with Crippen LogP contribution in [0.1, 0.15) is 24.0 Å². The van der Waals surface area contributed by atoms with Crippen LogP contribution >= 0.6 is 0 Å². The number of imidazole rings is 1. The molecule has 3 aromatic carbocycles. The van der Waals surface area contributed by atoms with Gasteiger partial charge >= 0.3 is 5.69 Å². The molecule has 0 atom stereocenters.